The molecule has 0 saturated carbocycles. The summed E-state index contributed by atoms with van der Waals surface area (Å²) in [5.41, 5.74) is 0.845. The van der Waals surface area contributed by atoms with Crippen molar-refractivity contribution in [1.29, 1.82) is 5.26 Å². The summed E-state index contributed by atoms with van der Waals surface area (Å²) in [7, 11) is 0. The van der Waals surface area contributed by atoms with E-state index in [9.17, 15) is 4.79 Å². The Hall–Kier alpha value is -1.000. The lowest BCUT2D eigenvalue weighted by Gasteiger charge is -2.08. The third-order valence-corrected chi connectivity index (χ3v) is 2.86. The molecule has 4 nitrogen and oxygen atoms in total. The fourth-order valence-electron chi connectivity index (χ4n) is 1.01. The second kappa shape index (κ2) is 6.55. The summed E-state index contributed by atoms with van der Waals surface area (Å²) >= 11 is 7.93. The molecule has 0 aromatic heterocycles. The zero-order valence-electron chi connectivity index (χ0n) is 8.26. The van der Waals surface area contributed by atoms with Gasteiger partial charge in [0.25, 0.3) is 0 Å². The van der Waals surface area contributed by atoms with Crippen LogP contribution < -0.4 is 10.6 Å². The molecule has 0 atom stereocenters. The standard InChI is InChI=1S/C10H9ClIN3O/c11-7-1-2-9(8(12)5-7)15-6-10(16)14-4-3-13/h1-2,5,15H,4,6H2,(H,14,16). The SMILES string of the molecule is N#CCNC(=O)CNc1ccc(Cl)cc1I. The van der Waals surface area contributed by atoms with Crippen molar-refractivity contribution in [3.05, 3.63) is 26.8 Å². The maximum Gasteiger partial charge on any atom is 0.240 e. The van der Waals surface area contributed by atoms with Gasteiger partial charge < -0.3 is 10.6 Å². The molecule has 1 aromatic rings. The van der Waals surface area contributed by atoms with Crippen LogP contribution >= 0.6 is 34.2 Å². The average molecular weight is 350 g/mol. The van der Waals surface area contributed by atoms with Gasteiger partial charge in [-0.2, -0.15) is 5.26 Å². The smallest absolute Gasteiger partial charge is 0.240 e. The van der Waals surface area contributed by atoms with E-state index in [0.29, 0.717) is 5.02 Å². The second-order valence-corrected chi connectivity index (χ2v) is 4.51. The Morgan fingerprint density at radius 1 is 1.56 bits per heavy atom. The van der Waals surface area contributed by atoms with Crippen molar-refractivity contribution in [2.24, 2.45) is 0 Å². The van der Waals surface area contributed by atoms with Crippen molar-refractivity contribution in [3.63, 3.8) is 0 Å². The molecule has 0 aliphatic carbocycles. The molecule has 1 rings (SSSR count). The number of hydrogen-bond acceptors (Lipinski definition) is 3. The molecule has 0 unspecified atom stereocenters. The first-order valence-corrected chi connectivity index (χ1v) is 5.91. The number of benzene rings is 1. The van der Waals surface area contributed by atoms with Gasteiger partial charge in [-0.15, -0.1) is 0 Å². The molecule has 2 N–H and O–H groups in total. The highest BCUT2D eigenvalue weighted by Crippen LogP contribution is 2.21. The minimum absolute atomic E-state index is 0.0260. The number of rotatable bonds is 4. The lowest BCUT2D eigenvalue weighted by Crippen LogP contribution is -2.30. The highest BCUT2D eigenvalue weighted by Gasteiger charge is 2.03. The molecular weight excluding hydrogens is 340 g/mol. The molecule has 6 heteroatoms. The van der Waals surface area contributed by atoms with E-state index in [4.69, 9.17) is 16.9 Å². The van der Waals surface area contributed by atoms with Crippen molar-refractivity contribution in [1.82, 2.24) is 5.32 Å². The van der Waals surface area contributed by atoms with Crippen LogP contribution in [0.1, 0.15) is 0 Å². The van der Waals surface area contributed by atoms with Crippen LogP contribution in [0.3, 0.4) is 0 Å². The van der Waals surface area contributed by atoms with E-state index in [2.05, 4.69) is 33.2 Å². The van der Waals surface area contributed by atoms with Crippen molar-refractivity contribution in [2.45, 2.75) is 0 Å². The third kappa shape index (κ3) is 4.24. The Balaban J connectivity index is 2.49. The highest BCUT2D eigenvalue weighted by molar-refractivity contribution is 14.1. The minimum Gasteiger partial charge on any atom is -0.375 e. The van der Waals surface area contributed by atoms with E-state index < -0.39 is 0 Å². The number of nitrogens with one attached hydrogen (secondary N) is 2. The molecule has 0 fully saturated rings. The Morgan fingerprint density at radius 3 is 2.94 bits per heavy atom. The van der Waals surface area contributed by atoms with E-state index in [1.807, 2.05) is 12.1 Å². The Labute approximate surface area is 112 Å². The van der Waals surface area contributed by atoms with Crippen LogP contribution in [0.2, 0.25) is 5.02 Å². The number of anilines is 1. The summed E-state index contributed by atoms with van der Waals surface area (Å²) in [5.74, 6) is -0.215. The molecule has 1 aromatic carbocycles. The Bertz CT molecular complexity index is 431. The first-order valence-electron chi connectivity index (χ1n) is 4.46. The van der Waals surface area contributed by atoms with Crippen LogP contribution in [0, 0.1) is 14.9 Å². The van der Waals surface area contributed by atoms with Crippen LogP contribution in [0.15, 0.2) is 18.2 Å². The molecular formula is C10H9ClIN3O. The lowest BCUT2D eigenvalue weighted by molar-refractivity contribution is -0.119. The number of amides is 1. The lowest BCUT2D eigenvalue weighted by atomic mass is 10.3. The molecule has 0 bridgehead atoms. The Morgan fingerprint density at radius 2 is 2.31 bits per heavy atom. The molecule has 0 saturated heterocycles. The number of hydrogen-bond donors (Lipinski definition) is 2. The number of halogens is 2. The number of carbonyl (C=O) groups excluding carboxylic acids is 1. The van der Waals surface area contributed by atoms with Gasteiger partial charge in [0.15, 0.2) is 0 Å². The summed E-state index contributed by atoms with van der Waals surface area (Å²) in [4.78, 5) is 11.2. The summed E-state index contributed by atoms with van der Waals surface area (Å²) in [6, 6.07) is 7.20. The quantitative estimate of drug-likeness (QED) is 0.645. The van der Waals surface area contributed by atoms with Crippen molar-refractivity contribution < 1.29 is 4.79 Å². The first-order chi connectivity index (χ1) is 7.63. The van der Waals surface area contributed by atoms with E-state index in [1.165, 1.54) is 0 Å². The molecule has 0 spiro atoms. The number of nitriles is 1. The number of carbonyl (C=O) groups is 1. The molecule has 84 valence electrons. The van der Waals surface area contributed by atoms with Gasteiger partial charge in [-0.3, -0.25) is 4.79 Å². The minimum atomic E-state index is -0.215. The van der Waals surface area contributed by atoms with Crippen LogP contribution in [-0.2, 0) is 4.79 Å². The molecule has 1 amide bonds. The van der Waals surface area contributed by atoms with E-state index >= 15 is 0 Å². The first kappa shape index (κ1) is 13.1. The van der Waals surface area contributed by atoms with E-state index in [-0.39, 0.29) is 19.0 Å². The van der Waals surface area contributed by atoms with E-state index in [1.54, 1.807) is 12.1 Å². The zero-order chi connectivity index (χ0) is 12.0. The fourth-order valence-corrected chi connectivity index (χ4v) is 2.07. The molecule has 0 heterocycles. The van der Waals surface area contributed by atoms with Crippen LogP contribution in [-0.4, -0.2) is 19.0 Å². The molecule has 0 radical (unpaired) electrons. The largest absolute Gasteiger partial charge is 0.375 e. The average Bonchev–Trinajstić information content (AvgIpc) is 2.25. The van der Waals surface area contributed by atoms with Crippen molar-refractivity contribution in [2.75, 3.05) is 18.4 Å². The molecule has 0 aliphatic rings. The van der Waals surface area contributed by atoms with Gasteiger partial charge in [-0.25, -0.2) is 0 Å². The second-order valence-electron chi connectivity index (χ2n) is 2.91. The van der Waals surface area contributed by atoms with Crippen molar-refractivity contribution in [3.8, 4) is 6.07 Å². The normalized spacial score (nSPS) is 9.31. The predicted molar refractivity (Wildman–Crippen MR) is 71.3 cm³/mol. The molecule has 0 aliphatic heterocycles. The summed E-state index contributed by atoms with van der Waals surface area (Å²) < 4.78 is 0.943. The van der Waals surface area contributed by atoms with Gasteiger partial charge >= 0.3 is 0 Å². The zero-order valence-corrected chi connectivity index (χ0v) is 11.2. The van der Waals surface area contributed by atoms with Crippen LogP contribution in [0.5, 0.6) is 0 Å². The van der Waals surface area contributed by atoms with Gasteiger partial charge in [-0.05, 0) is 40.8 Å². The van der Waals surface area contributed by atoms with Crippen molar-refractivity contribution >= 4 is 45.8 Å². The topological polar surface area (TPSA) is 64.9 Å². The van der Waals surface area contributed by atoms with Gasteiger partial charge in [0, 0.05) is 14.3 Å². The Kier molecular flexibility index (Phi) is 5.35. The predicted octanol–water partition coefficient (Wildman–Crippen LogP) is 2.00. The monoisotopic (exact) mass is 349 g/mol. The van der Waals surface area contributed by atoms with Gasteiger partial charge in [-0.1, -0.05) is 11.6 Å². The summed E-state index contributed by atoms with van der Waals surface area (Å²) in [6.45, 7) is 0.164. The number of nitrogens with zero attached hydrogens (tertiary/aromatic N) is 1. The highest BCUT2D eigenvalue weighted by atomic mass is 127. The van der Waals surface area contributed by atoms with Crippen LogP contribution in [0.4, 0.5) is 5.69 Å². The fraction of sp³-hybridized carbons (Fsp3) is 0.200. The third-order valence-electron chi connectivity index (χ3n) is 1.74. The molecule has 16 heavy (non-hydrogen) atoms. The van der Waals surface area contributed by atoms with Crippen LogP contribution in [0.25, 0.3) is 0 Å². The van der Waals surface area contributed by atoms with Gasteiger partial charge in [0.05, 0.1) is 12.6 Å². The van der Waals surface area contributed by atoms with E-state index in [0.717, 1.165) is 9.26 Å². The summed E-state index contributed by atoms with van der Waals surface area (Å²) in [5, 5.41) is 14.3. The maximum atomic E-state index is 11.2. The van der Waals surface area contributed by atoms with Gasteiger partial charge in [0.2, 0.25) is 5.91 Å². The summed E-state index contributed by atoms with van der Waals surface area (Å²) in [6.07, 6.45) is 0. The maximum absolute atomic E-state index is 11.2. The van der Waals surface area contributed by atoms with Gasteiger partial charge in [0.1, 0.15) is 6.54 Å².